The zero-order valence-corrected chi connectivity index (χ0v) is 11.9. The Morgan fingerprint density at radius 2 is 2.32 bits per heavy atom. The molecule has 1 N–H and O–H groups in total. The van der Waals surface area contributed by atoms with Crippen LogP contribution in [0.2, 0.25) is 0 Å². The molecule has 0 aliphatic carbocycles. The second-order valence-electron chi connectivity index (χ2n) is 4.65. The highest BCUT2D eigenvalue weighted by atomic mass is 32.2. The summed E-state index contributed by atoms with van der Waals surface area (Å²) in [5.74, 6) is 0.569. The standard InChI is InChI=1S/C12H19NO5S/c1-9-12(6-11(8-14)18-9)19(15,16)13-5-3-4-10(7-13)17-2/h6,10,14H,3-5,7-8H2,1-2H3. The first kappa shape index (κ1) is 14.5. The van der Waals surface area contributed by atoms with Gasteiger partial charge in [0, 0.05) is 26.3 Å². The van der Waals surface area contributed by atoms with Gasteiger partial charge in [-0.1, -0.05) is 0 Å². The highest BCUT2D eigenvalue weighted by Crippen LogP contribution is 2.26. The van der Waals surface area contributed by atoms with E-state index in [0.29, 0.717) is 18.8 Å². The van der Waals surface area contributed by atoms with E-state index >= 15 is 0 Å². The van der Waals surface area contributed by atoms with Crippen LogP contribution in [-0.2, 0) is 21.4 Å². The lowest BCUT2D eigenvalue weighted by molar-refractivity contribution is 0.0571. The van der Waals surface area contributed by atoms with E-state index < -0.39 is 10.0 Å². The van der Waals surface area contributed by atoms with E-state index in [0.717, 1.165) is 12.8 Å². The van der Waals surface area contributed by atoms with Gasteiger partial charge in [-0.2, -0.15) is 4.31 Å². The highest BCUT2D eigenvalue weighted by Gasteiger charge is 2.32. The lowest BCUT2D eigenvalue weighted by atomic mass is 10.1. The number of aliphatic hydroxyl groups excluding tert-OH is 1. The Morgan fingerprint density at radius 3 is 2.89 bits per heavy atom. The first-order valence-corrected chi connectivity index (χ1v) is 7.66. The van der Waals surface area contributed by atoms with Crippen LogP contribution < -0.4 is 0 Å². The SMILES string of the molecule is COC1CCCN(S(=O)(=O)c2cc(CO)oc2C)C1. The fraction of sp³-hybridized carbons (Fsp3) is 0.667. The average molecular weight is 289 g/mol. The molecule has 7 heteroatoms. The number of ether oxygens (including phenoxy) is 1. The van der Waals surface area contributed by atoms with Gasteiger partial charge >= 0.3 is 0 Å². The van der Waals surface area contributed by atoms with Crippen LogP contribution in [0.3, 0.4) is 0 Å². The molecule has 2 rings (SSSR count). The van der Waals surface area contributed by atoms with Gasteiger partial charge in [-0.3, -0.25) is 0 Å². The Bertz CT molecular complexity index is 536. The number of hydrogen-bond acceptors (Lipinski definition) is 5. The largest absolute Gasteiger partial charge is 0.462 e. The van der Waals surface area contributed by atoms with Crippen LogP contribution in [0.4, 0.5) is 0 Å². The maximum absolute atomic E-state index is 12.5. The van der Waals surface area contributed by atoms with Crippen LogP contribution in [0.15, 0.2) is 15.4 Å². The number of hydrogen-bond donors (Lipinski definition) is 1. The van der Waals surface area contributed by atoms with Gasteiger partial charge < -0.3 is 14.3 Å². The van der Waals surface area contributed by atoms with Gasteiger partial charge in [0.25, 0.3) is 0 Å². The molecule has 1 saturated heterocycles. The van der Waals surface area contributed by atoms with E-state index in [9.17, 15) is 8.42 Å². The van der Waals surface area contributed by atoms with Crippen LogP contribution in [0.1, 0.15) is 24.4 Å². The molecular weight excluding hydrogens is 270 g/mol. The molecule has 1 aliphatic heterocycles. The Labute approximate surface area is 113 Å². The van der Waals surface area contributed by atoms with E-state index in [-0.39, 0.29) is 23.4 Å². The van der Waals surface area contributed by atoms with Gasteiger partial charge in [-0.05, 0) is 19.8 Å². The van der Waals surface area contributed by atoms with Crippen molar-refractivity contribution in [3.05, 3.63) is 17.6 Å². The van der Waals surface area contributed by atoms with Crippen LogP contribution in [-0.4, -0.2) is 44.1 Å². The van der Waals surface area contributed by atoms with Crippen LogP contribution in [0, 0.1) is 6.92 Å². The summed E-state index contributed by atoms with van der Waals surface area (Å²) < 4.78 is 36.9. The number of sulfonamides is 1. The predicted molar refractivity (Wildman–Crippen MR) is 68.2 cm³/mol. The molecule has 1 unspecified atom stereocenters. The quantitative estimate of drug-likeness (QED) is 0.890. The summed E-state index contributed by atoms with van der Waals surface area (Å²) >= 11 is 0. The molecule has 108 valence electrons. The zero-order valence-electron chi connectivity index (χ0n) is 11.1. The number of aliphatic hydroxyl groups is 1. The lowest BCUT2D eigenvalue weighted by Crippen LogP contribution is -2.42. The van der Waals surface area contributed by atoms with Gasteiger partial charge in [-0.15, -0.1) is 0 Å². The summed E-state index contributed by atoms with van der Waals surface area (Å²) in [5.41, 5.74) is 0. The van der Waals surface area contributed by atoms with Crippen molar-refractivity contribution in [1.29, 1.82) is 0 Å². The van der Waals surface area contributed by atoms with Crippen molar-refractivity contribution in [2.45, 2.75) is 37.4 Å². The molecule has 0 bridgehead atoms. The molecule has 2 heterocycles. The normalized spacial score (nSPS) is 21.7. The maximum atomic E-state index is 12.5. The van der Waals surface area contributed by atoms with Gasteiger partial charge in [0.15, 0.2) is 0 Å². The number of aryl methyl sites for hydroxylation is 1. The van der Waals surface area contributed by atoms with E-state index in [1.807, 2.05) is 0 Å². The molecule has 0 amide bonds. The Balaban J connectivity index is 2.28. The number of rotatable bonds is 4. The van der Waals surface area contributed by atoms with E-state index in [4.69, 9.17) is 14.3 Å². The van der Waals surface area contributed by atoms with Crippen molar-refractivity contribution in [1.82, 2.24) is 4.31 Å². The van der Waals surface area contributed by atoms with Gasteiger partial charge in [0.05, 0.1) is 6.10 Å². The number of methoxy groups -OCH3 is 1. The Hall–Kier alpha value is -0.890. The second kappa shape index (κ2) is 5.62. The van der Waals surface area contributed by atoms with Crippen molar-refractivity contribution in [3.8, 4) is 0 Å². The molecule has 0 saturated carbocycles. The van der Waals surface area contributed by atoms with Crippen molar-refractivity contribution < 1.29 is 22.7 Å². The molecule has 0 aromatic carbocycles. The molecule has 0 radical (unpaired) electrons. The zero-order chi connectivity index (χ0) is 14.0. The third-order valence-electron chi connectivity index (χ3n) is 3.37. The molecule has 1 aromatic rings. The second-order valence-corrected chi connectivity index (χ2v) is 6.56. The number of furan rings is 1. The Kier molecular flexibility index (Phi) is 4.29. The van der Waals surface area contributed by atoms with E-state index in [1.54, 1.807) is 14.0 Å². The smallest absolute Gasteiger partial charge is 0.246 e. The van der Waals surface area contributed by atoms with Crippen molar-refractivity contribution in [2.75, 3.05) is 20.2 Å². The summed E-state index contributed by atoms with van der Waals surface area (Å²) in [5, 5.41) is 9.01. The predicted octanol–water partition coefficient (Wildman–Crippen LogP) is 0.880. The fourth-order valence-electron chi connectivity index (χ4n) is 2.31. The average Bonchev–Trinajstić information content (AvgIpc) is 2.81. The van der Waals surface area contributed by atoms with Crippen LogP contribution in [0.25, 0.3) is 0 Å². The summed E-state index contributed by atoms with van der Waals surface area (Å²) in [6.07, 6.45) is 1.59. The van der Waals surface area contributed by atoms with Crippen molar-refractivity contribution in [3.63, 3.8) is 0 Å². The molecule has 1 atom stereocenters. The lowest BCUT2D eigenvalue weighted by Gasteiger charge is -2.30. The van der Waals surface area contributed by atoms with Crippen LogP contribution >= 0.6 is 0 Å². The fourth-order valence-corrected chi connectivity index (χ4v) is 4.01. The summed E-state index contributed by atoms with van der Waals surface area (Å²) in [6.45, 7) is 2.13. The van der Waals surface area contributed by atoms with Gasteiger partial charge in [0.1, 0.15) is 23.0 Å². The number of nitrogens with zero attached hydrogens (tertiary/aromatic N) is 1. The van der Waals surface area contributed by atoms with Gasteiger partial charge in [-0.25, -0.2) is 8.42 Å². The van der Waals surface area contributed by atoms with E-state index in [2.05, 4.69) is 0 Å². The first-order chi connectivity index (χ1) is 8.98. The minimum atomic E-state index is -3.58. The summed E-state index contributed by atoms with van der Waals surface area (Å²) in [6, 6.07) is 1.39. The van der Waals surface area contributed by atoms with E-state index in [1.165, 1.54) is 10.4 Å². The van der Waals surface area contributed by atoms with Gasteiger partial charge in [0.2, 0.25) is 10.0 Å². The minimum Gasteiger partial charge on any atom is -0.462 e. The topological polar surface area (TPSA) is 80.0 Å². The molecular formula is C12H19NO5S. The van der Waals surface area contributed by atoms with Crippen molar-refractivity contribution in [2.24, 2.45) is 0 Å². The molecule has 6 nitrogen and oxygen atoms in total. The monoisotopic (exact) mass is 289 g/mol. The highest BCUT2D eigenvalue weighted by molar-refractivity contribution is 7.89. The minimum absolute atomic E-state index is 0.0620. The molecule has 1 aromatic heterocycles. The Morgan fingerprint density at radius 1 is 1.58 bits per heavy atom. The number of piperidine rings is 1. The molecule has 1 fully saturated rings. The summed E-state index contributed by atoms with van der Waals surface area (Å²) in [7, 11) is -1.99. The van der Waals surface area contributed by atoms with Crippen molar-refractivity contribution >= 4 is 10.0 Å². The third kappa shape index (κ3) is 2.84. The molecule has 19 heavy (non-hydrogen) atoms. The maximum Gasteiger partial charge on any atom is 0.246 e. The third-order valence-corrected chi connectivity index (χ3v) is 5.34. The first-order valence-electron chi connectivity index (χ1n) is 6.22. The molecule has 0 spiro atoms. The summed E-state index contributed by atoms with van der Waals surface area (Å²) in [4.78, 5) is 0.133. The molecule has 1 aliphatic rings. The van der Waals surface area contributed by atoms with Crippen LogP contribution in [0.5, 0.6) is 0 Å².